The quantitative estimate of drug-likeness (QED) is 0.403. The molecule has 0 aliphatic carbocycles. The minimum atomic E-state index is -1.26. The topological polar surface area (TPSA) is 130 Å². The Morgan fingerprint density at radius 3 is 1.86 bits per heavy atom. The molecule has 0 rings (SSSR count). The van der Waals surface area contributed by atoms with Crippen LogP contribution in [0.4, 0.5) is 0 Å². The predicted octanol–water partition coefficient (Wildman–Crippen LogP) is 0.670. The molecule has 29 heavy (non-hydrogen) atoms. The van der Waals surface area contributed by atoms with Crippen LogP contribution in [-0.2, 0) is 25.2 Å². The van der Waals surface area contributed by atoms with Crippen LogP contribution in [0.2, 0.25) is 0 Å². The van der Waals surface area contributed by atoms with Crippen LogP contribution in [0.15, 0.2) is 0 Å². The number of amides is 3. The van der Waals surface area contributed by atoms with Gasteiger partial charge in [-0.05, 0) is 53.4 Å². The normalized spacial score (nSPS) is 15.3. The molecule has 8 nitrogen and oxygen atoms in total. The van der Waals surface area contributed by atoms with Gasteiger partial charge >= 0.3 is 0 Å². The van der Waals surface area contributed by atoms with Gasteiger partial charge in [0.15, 0.2) is 0 Å². The molecule has 0 heterocycles. The van der Waals surface area contributed by atoms with Crippen molar-refractivity contribution in [1.29, 1.82) is 0 Å². The first-order valence-corrected chi connectivity index (χ1v) is 11.3. The number of rotatable bonds is 10. The van der Waals surface area contributed by atoms with Crippen molar-refractivity contribution in [2.75, 3.05) is 19.8 Å². The van der Waals surface area contributed by atoms with E-state index in [-0.39, 0.29) is 24.3 Å². The van der Waals surface area contributed by atoms with Crippen molar-refractivity contribution in [3.63, 3.8) is 0 Å². The van der Waals surface area contributed by atoms with E-state index in [1.807, 2.05) is 27.7 Å². The fraction of sp³-hybridized carbons (Fsp3) is 0.850. The summed E-state index contributed by atoms with van der Waals surface area (Å²) in [6.45, 7) is 14.3. The highest BCUT2D eigenvalue weighted by Gasteiger charge is 2.49. The highest BCUT2D eigenvalue weighted by atomic mass is 32.2. The van der Waals surface area contributed by atoms with E-state index in [2.05, 4.69) is 16.0 Å². The third-order valence-electron chi connectivity index (χ3n) is 5.92. The van der Waals surface area contributed by atoms with E-state index < -0.39 is 38.0 Å². The Morgan fingerprint density at radius 1 is 1.00 bits per heavy atom. The summed E-state index contributed by atoms with van der Waals surface area (Å²) in [7, 11) is 0.250. The molecule has 0 aromatic rings. The molecule has 0 aromatic carbocycles. The smallest absolute Gasteiger partial charge is 0.242 e. The van der Waals surface area contributed by atoms with E-state index >= 15 is 0 Å². The summed E-state index contributed by atoms with van der Waals surface area (Å²) in [5, 5.41) is 8.33. The molecule has 3 amide bonds. The Labute approximate surface area is 178 Å². The van der Waals surface area contributed by atoms with E-state index in [4.69, 9.17) is 5.73 Å². The van der Waals surface area contributed by atoms with Gasteiger partial charge < -0.3 is 21.7 Å². The summed E-state index contributed by atoms with van der Waals surface area (Å²) in [6.07, 6.45) is 1.98. The molecule has 0 fully saturated rings. The van der Waals surface area contributed by atoms with Gasteiger partial charge in [-0.25, -0.2) is 0 Å². The number of carbonyl (C=O) groups excluding carboxylic acids is 3. The molecule has 170 valence electrons. The van der Waals surface area contributed by atoms with Crippen molar-refractivity contribution in [1.82, 2.24) is 16.0 Å². The highest BCUT2D eigenvalue weighted by molar-refractivity contribution is 7.85. The van der Waals surface area contributed by atoms with E-state index in [1.165, 1.54) is 7.05 Å². The molecule has 0 aromatic heterocycles. The second-order valence-electron chi connectivity index (χ2n) is 9.91. The number of nitrogens with one attached hydrogen (secondary N) is 3. The number of hydrogen-bond acceptors (Lipinski definition) is 5. The van der Waals surface area contributed by atoms with E-state index in [1.54, 1.807) is 34.0 Å². The van der Waals surface area contributed by atoms with Gasteiger partial charge in [0, 0.05) is 29.6 Å². The maximum Gasteiger partial charge on any atom is 0.242 e. The van der Waals surface area contributed by atoms with Gasteiger partial charge in [-0.1, -0.05) is 13.8 Å². The van der Waals surface area contributed by atoms with Gasteiger partial charge in [0.05, 0.1) is 16.7 Å². The zero-order chi connectivity index (χ0) is 23.4. The largest absolute Gasteiger partial charge is 0.357 e. The fourth-order valence-electron chi connectivity index (χ4n) is 3.42. The second kappa shape index (κ2) is 9.55. The Balaban J connectivity index is 5.82. The zero-order valence-corrected chi connectivity index (χ0v) is 20.4. The number of likely N-dealkylation sites (N-methyl/N-ethyl adjacent to an activating group) is 1. The lowest BCUT2D eigenvalue weighted by Gasteiger charge is -2.43. The summed E-state index contributed by atoms with van der Waals surface area (Å²) < 4.78 is 11.4. The Hall–Kier alpha value is -1.48. The van der Waals surface area contributed by atoms with Crippen LogP contribution in [0.5, 0.6) is 0 Å². The molecule has 5 N–H and O–H groups in total. The van der Waals surface area contributed by atoms with Gasteiger partial charge in [0.1, 0.15) is 6.04 Å². The molecule has 9 heteroatoms. The minimum Gasteiger partial charge on any atom is -0.357 e. The van der Waals surface area contributed by atoms with Crippen LogP contribution in [0.25, 0.3) is 0 Å². The van der Waals surface area contributed by atoms with Crippen LogP contribution < -0.4 is 21.7 Å². The van der Waals surface area contributed by atoms with Gasteiger partial charge in [0.25, 0.3) is 0 Å². The molecule has 0 aliphatic heterocycles. The lowest BCUT2D eigenvalue weighted by molar-refractivity contribution is -0.137. The Kier molecular flexibility index (Phi) is 9.07. The molecule has 0 bridgehead atoms. The van der Waals surface area contributed by atoms with E-state index in [0.29, 0.717) is 6.42 Å². The first kappa shape index (κ1) is 27.5. The number of nitrogens with two attached hydrogens (primary N) is 1. The van der Waals surface area contributed by atoms with Gasteiger partial charge in [0.2, 0.25) is 17.7 Å². The summed E-state index contributed by atoms with van der Waals surface area (Å²) in [4.78, 5) is 37.6. The van der Waals surface area contributed by atoms with Gasteiger partial charge in [-0.2, -0.15) is 0 Å². The lowest BCUT2D eigenvalue weighted by Crippen LogP contribution is -2.61. The third kappa shape index (κ3) is 6.77. The van der Waals surface area contributed by atoms with Crippen LogP contribution in [-0.4, -0.2) is 58.1 Å². The van der Waals surface area contributed by atoms with Crippen molar-refractivity contribution in [2.24, 2.45) is 16.6 Å². The highest BCUT2D eigenvalue weighted by Crippen LogP contribution is 2.37. The Morgan fingerprint density at radius 2 is 1.48 bits per heavy atom. The van der Waals surface area contributed by atoms with Gasteiger partial charge in [-0.3, -0.25) is 18.6 Å². The molecule has 0 radical (unpaired) electrons. The number of hydrogen-bond donors (Lipinski definition) is 4. The summed E-state index contributed by atoms with van der Waals surface area (Å²) in [5.41, 5.74) is 3.06. The Bertz CT molecular complexity index is 657. The van der Waals surface area contributed by atoms with Crippen LogP contribution >= 0.6 is 0 Å². The summed E-state index contributed by atoms with van der Waals surface area (Å²) in [5.74, 6) is -0.988. The molecule has 0 saturated heterocycles. The zero-order valence-electron chi connectivity index (χ0n) is 19.6. The van der Waals surface area contributed by atoms with Crippen molar-refractivity contribution in [3.05, 3.63) is 0 Å². The van der Waals surface area contributed by atoms with Crippen LogP contribution in [0, 0.1) is 10.8 Å². The summed E-state index contributed by atoms with van der Waals surface area (Å²) >= 11 is 0. The third-order valence-corrected chi connectivity index (χ3v) is 7.87. The van der Waals surface area contributed by atoms with Crippen molar-refractivity contribution in [2.45, 2.75) is 78.1 Å². The maximum atomic E-state index is 13.2. The molecule has 2 atom stereocenters. The van der Waals surface area contributed by atoms with Crippen molar-refractivity contribution in [3.8, 4) is 0 Å². The predicted molar refractivity (Wildman–Crippen MR) is 118 cm³/mol. The van der Waals surface area contributed by atoms with Crippen molar-refractivity contribution >= 4 is 28.5 Å². The fourth-order valence-corrected chi connectivity index (χ4v) is 4.23. The second-order valence-corrected chi connectivity index (χ2v) is 11.8. The summed E-state index contributed by atoms with van der Waals surface area (Å²) in [6, 6.07) is -0.852. The minimum absolute atomic E-state index is 0.128. The SMILES string of the molecule is CNC(=O)C(NC(=O)C(C)(C)C(C)(C)S(C)=O)C(C)(C)CC(C)(C)NC(=O)CN. The lowest BCUT2D eigenvalue weighted by atomic mass is 9.73. The molecule has 2 unspecified atom stereocenters. The average Bonchev–Trinajstić information content (AvgIpc) is 2.56. The standard InChI is InChI=1S/C20H40N4O4S/c1-17(2,12-18(3,4)24-13(25)11-21)14(15(26)22-9)23-16(27)19(5,6)20(7,8)29(10)28/h14H,11-12,21H2,1-10H3,(H,22,26)(H,23,27)(H,24,25). The van der Waals surface area contributed by atoms with Crippen LogP contribution in [0.3, 0.4) is 0 Å². The molecule has 0 saturated carbocycles. The molecular weight excluding hydrogens is 392 g/mol. The van der Waals surface area contributed by atoms with Crippen molar-refractivity contribution < 1.29 is 18.6 Å². The van der Waals surface area contributed by atoms with Gasteiger partial charge in [-0.15, -0.1) is 0 Å². The molecular formula is C20H40N4O4S. The van der Waals surface area contributed by atoms with E-state index in [9.17, 15) is 18.6 Å². The first-order chi connectivity index (χ1) is 12.9. The maximum absolute atomic E-state index is 13.2. The number of carbonyl (C=O) groups is 3. The van der Waals surface area contributed by atoms with Crippen LogP contribution in [0.1, 0.15) is 61.8 Å². The van der Waals surface area contributed by atoms with E-state index in [0.717, 1.165) is 0 Å². The monoisotopic (exact) mass is 432 g/mol. The molecule has 0 spiro atoms. The first-order valence-electron chi connectivity index (χ1n) is 9.73. The average molecular weight is 433 g/mol. The molecule has 0 aliphatic rings.